The number of benzene rings is 4. The number of aliphatic hydroxyl groups excluding tert-OH is 2. The third-order valence-corrected chi connectivity index (χ3v) is 14.2. The van der Waals surface area contributed by atoms with Crippen molar-refractivity contribution in [3.8, 4) is 28.1 Å². The van der Waals surface area contributed by atoms with E-state index in [0.29, 0.717) is 110 Å². The fraction of sp³-hybridized carbons (Fsp3) is 0.410. The summed E-state index contributed by atoms with van der Waals surface area (Å²) in [7, 11) is 0. The normalized spacial score (nSPS) is 14.9. The summed E-state index contributed by atoms with van der Waals surface area (Å²) in [5, 5.41) is 47.6. The predicted molar refractivity (Wildman–Crippen MR) is 304 cm³/mol. The number of carbonyl (C=O) groups excluding carboxylic acids is 5. The van der Waals surface area contributed by atoms with E-state index >= 15 is 0 Å². The molecule has 4 heterocycles. The maximum absolute atomic E-state index is 14.7. The van der Waals surface area contributed by atoms with Gasteiger partial charge >= 0.3 is 5.97 Å². The molecule has 440 valence electrons. The van der Waals surface area contributed by atoms with Gasteiger partial charge in [0.05, 0.1) is 99.5 Å². The third-order valence-electron chi connectivity index (χ3n) is 14.2. The van der Waals surface area contributed by atoms with Crippen LogP contribution in [0, 0.1) is 5.82 Å². The number of carbonyl (C=O) groups is 6. The minimum atomic E-state index is -1.24. The number of carboxylic acid groups (broad SMARTS) is 1. The molecule has 2 aliphatic rings. The predicted octanol–water partition coefficient (Wildman–Crippen LogP) is 7.26. The van der Waals surface area contributed by atoms with Crippen molar-refractivity contribution in [1.82, 2.24) is 29.8 Å². The average Bonchev–Trinajstić information content (AvgIpc) is 4.35. The molecule has 3 atom stereocenters. The van der Waals surface area contributed by atoms with Crippen molar-refractivity contribution < 1.29 is 67.4 Å². The summed E-state index contributed by atoms with van der Waals surface area (Å²) >= 11 is 0. The molecule has 0 bridgehead atoms. The number of para-hydroxylation sites is 1. The molecule has 2 aliphatic heterocycles. The summed E-state index contributed by atoms with van der Waals surface area (Å²) in [4.78, 5) is 77.2. The van der Waals surface area contributed by atoms with Crippen molar-refractivity contribution in [2.45, 2.75) is 109 Å². The van der Waals surface area contributed by atoms with Gasteiger partial charge in [0, 0.05) is 48.3 Å². The van der Waals surface area contributed by atoms with Crippen LogP contribution in [0.1, 0.15) is 114 Å². The Morgan fingerprint density at radius 1 is 0.783 bits per heavy atom. The zero-order valence-electron chi connectivity index (χ0n) is 46.6. The largest absolute Gasteiger partial charge is 0.494 e. The van der Waals surface area contributed by atoms with Crippen LogP contribution < -0.4 is 20.7 Å². The Kier molecular flexibility index (Phi) is 21.8. The van der Waals surface area contributed by atoms with Crippen LogP contribution in [0.3, 0.4) is 0 Å². The molecule has 6 aromatic rings. The summed E-state index contributed by atoms with van der Waals surface area (Å²) in [6, 6.07) is 26.5. The van der Waals surface area contributed by atoms with Crippen molar-refractivity contribution in [3.05, 3.63) is 137 Å². The number of imide groups is 2. The van der Waals surface area contributed by atoms with Crippen LogP contribution in [0.25, 0.3) is 22.4 Å². The fourth-order valence-corrected chi connectivity index (χ4v) is 10.3. The van der Waals surface area contributed by atoms with Gasteiger partial charge in [-0.15, -0.1) is 5.10 Å². The molecule has 21 nitrogen and oxygen atoms in total. The zero-order chi connectivity index (χ0) is 58.8. The number of fused-ring (bicyclic) bond motifs is 1. The van der Waals surface area contributed by atoms with Crippen molar-refractivity contribution in [2.24, 2.45) is 0 Å². The Bertz CT molecular complexity index is 3200. The van der Waals surface area contributed by atoms with E-state index in [2.05, 4.69) is 26.3 Å². The topological polar surface area (TPSA) is 275 Å². The molecule has 0 spiro atoms. The summed E-state index contributed by atoms with van der Waals surface area (Å²) in [5.74, 6) is -3.83. The lowest BCUT2D eigenvalue weighted by Crippen LogP contribution is -2.54. The number of halogens is 1. The Morgan fingerprint density at radius 2 is 1.52 bits per heavy atom. The lowest BCUT2D eigenvalue weighted by Gasteiger charge is -2.27. The van der Waals surface area contributed by atoms with E-state index in [0.717, 1.165) is 36.3 Å². The number of piperidine rings is 1. The second-order valence-electron chi connectivity index (χ2n) is 20.6. The maximum Gasteiger partial charge on any atom is 0.305 e. The number of hydrogen-bond donors (Lipinski definition) is 6. The molecule has 8 rings (SSSR count). The molecule has 83 heavy (non-hydrogen) atoms. The van der Waals surface area contributed by atoms with E-state index in [1.807, 2.05) is 67.1 Å². The number of aliphatic hydroxyl groups is 2. The van der Waals surface area contributed by atoms with Gasteiger partial charge in [0.2, 0.25) is 11.8 Å². The van der Waals surface area contributed by atoms with Gasteiger partial charge in [-0.1, -0.05) is 55.5 Å². The number of nitrogens with one attached hydrogen (secondary N) is 3. The van der Waals surface area contributed by atoms with Crippen LogP contribution in [0.2, 0.25) is 0 Å². The van der Waals surface area contributed by atoms with Gasteiger partial charge in [0.15, 0.2) is 0 Å². The number of rotatable bonds is 33. The average molecular weight is 1140 g/mol. The Balaban J connectivity index is 0.763. The van der Waals surface area contributed by atoms with Gasteiger partial charge < -0.3 is 49.5 Å². The van der Waals surface area contributed by atoms with Gasteiger partial charge in [-0.2, -0.15) is 0 Å². The first-order chi connectivity index (χ1) is 40.2. The Hall–Kier alpha value is -8.15. The quantitative estimate of drug-likeness (QED) is 0.0175. The molecule has 1 saturated heterocycles. The molecule has 0 radical (unpaired) electrons. The molecule has 5 amide bonds. The number of aromatic nitrogens is 4. The number of amides is 5. The second kappa shape index (κ2) is 29.7. The molecule has 2 aromatic heterocycles. The number of aryl methyl sites for hydroxylation is 1. The second-order valence-corrected chi connectivity index (χ2v) is 20.6. The molecule has 6 N–H and O–H groups in total. The highest BCUT2D eigenvalue weighted by atomic mass is 19.1. The monoisotopic (exact) mass is 1140 g/mol. The Morgan fingerprint density at radius 3 is 2.25 bits per heavy atom. The standard InChI is InChI=1S/C61H71FN8O13/c1-39(2)56-55(59(77)64-43-12-5-3-6-13-43)53(57(40-18-20-42(62)21-19-40)69(56)26-24-45(71)36-46(72)37-52(74)75)41-11-9-15-47(35-41)83-28-8-4-7-14-44-38-68(67-66-44)27-30-81-32-34-82-33-31-80-29-25-63-49-17-10-16-48-54(49)61(79)70(60(48)78)50-22-23-51(73)65-58(50)76/h3,5-6,9-13,15-21,35,38-39,45-46,50,63,71-72H,4,7-8,14,22-34,36-37H2,1-2H3,(H,64,77)(H,74,75)(H,65,73,76). The lowest BCUT2D eigenvalue weighted by molar-refractivity contribution is -0.140. The molecule has 22 heteroatoms. The zero-order valence-corrected chi connectivity index (χ0v) is 46.6. The van der Waals surface area contributed by atoms with E-state index < -0.39 is 60.1 Å². The molecule has 1 fully saturated rings. The SMILES string of the molecule is CC(C)c1c(C(=O)Nc2ccccc2)c(-c2cccc(OCCCCCc3cn(CCOCCOCCOCCNc4cccc5c4C(=O)N(C4CCC(=O)NC4=O)C5=O)nn3)c2)c(-c2ccc(F)cc2)n1CCC(O)CC(O)CC(=O)O. The van der Waals surface area contributed by atoms with Crippen LogP contribution in [-0.4, -0.2) is 146 Å². The Labute approximate surface area is 480 Å². The van der Waals surface area contributed by atoms with Crippen molar-refractivity contribution in [1.29, 1.82) is 0 Å². The smallest absolute Gasteiger partial charge is 0.305 e. The van der Waals surface area contributed by atoms with Crippen LogP contribution in [0.15, 0.2) is 103 Å². The van der Waals surface area contributed by atoms with Crippen LogP contribution in [-0.2, 0) is 48.1 Å². The van der Waals surface area contributed by atoms with Crippen LogP contribution >= 0.6 is 0 Å². The molecular formula is C61H71FN8O13. The number of ether oxygens (including phenoxy) is 4. The van der Waals surface area contributed by atoms with E-state index in [4.69, 9.17) is 18.9 Å². The summed E-state index contributed by atoms with van der Waals surface area (Å²) in [5.41, 5.74) is 5.92. The van der Waals surface area contributed by atoms with Crippen molar-refractivity contribution >= 4 is 46.9 Å². The molecule has 4 aromatic carbocycles. The number of hydrogen-bond acceptors (Lipinski definition) is 15. The van der Waals surface area contributed by atoms with E-state index in [9.17, 15) is 48.5 Å². The summed E-state index contributed by atoms with van der Waals surface area (Å²) < 4.78 is 41.6. The van der Waals surface area contributed by atoms with Gasteiger partial charge in [0.1, 0.15) is 17.6 Å². The van der Waals surface area contributed by atoms with Gasteiger partial charge in [-0.3, -0.25) is 39.0 Å². The highest BCUT2D eigenvalue weighted by Gasteiger charge is 2.45. The summed E-state index contributed by atoms with van der Waals surface area (Å²) in [6.45, 7) is 7.61. The third kappa shape index (κ3) is 16.3. The van der Waals surface area contributed by atoms with Gasteiger partial charge in [-0.25, -0.2) is 9.07 Å². The highest BCUT2D eigenvalue weighted by molar-refractivity contribution is 6.25. The molecule has 0 aliphatic carbocycles. The fourth-order valence-electron chi connectivity index (χ4n) is 10.3. The summed E-state index contributed by atoms with van der Waals surface area (Å²) in [6.07, 6.45) is 2.44. The molecule has 0 saturated carbocycles. The molecular weight excluding hydrogens is 1070 g/mol. The number of carboxylic acids is 1. The van der Waals surface area contributed by atoms with Crippen LogP contribution in [0.4, 0.5) is 15.8 Å². The first-order valence-electron chi connectivity index (χ1n) is 28.1. The molecule has 3 unspecified atom stereocenters. The first-order valence-corrected chi connectivity index (χ1v) is 28.1. The maximum atomic E-state index is 14.7. The lowest BCUT2D eigenvalue weighted by atomic mass is 9.94. The minimum Gasteiger partial charge on any atom is -0.494 e. The van der Waals surface area contributed by atoms with Crippen molar-refractivity contribution in [2.75, 3.05) is 63.4 Å². The van der Waals surface area contributed by atoms with Gasteiger partial charge in [0.25, 0.3) is 17.7 Å². The van der Waals surface area contributed by atoms with E-state index in [1.54, 1.807) is 47.1 Å². The number of nitrogens with zero attached hydrogens (tertiary/aromatic N) is 5. The van der Waals surface area contributed by atoms with Gasteiger partial charge in [-0.05, 0) is 123 Å². The number of unbranched alkanes of at least 4 members (excludes halogenated alkanes) is 2. The minimum absolute atomic E-state index is 0.0452. The van der Waals surface area contributed by atoms with E-state index in [1.165, 1.54) is 12.1 Å². The highest BCUT2D eigenvalue weighted by Crippen LogP contribution is 2.44. The number of aliphatic carboxylic acids is 1. The van der Waals surface area contributed by atoms with Crippen molar-refractivity contribution in [3.63, 3.8) is 0 Å². The van der Waals surface area contributed by atoms with E-state index in [-0.39, 0.29) is 55.2 Å². The first kappa shape index (κ1) is 60.9. The number of anilines is 2. The van der Waals surface area contributed by atoms with Crippen LogP contribution in [0.5, 0.6) is 5.75 Å².